The fraction of sp³-hybridized carbons (Fsp3) is 0.333. The van der Waals surface area contributed by atoms with Crippen LogP contribution in [0.25, 0.3) is 0 Å². The molecule has 0 fully saturated rings. The first-order valence-electron chi connectivity index (χ1n) is 6.01. The quantitative estimate of drug-likeness (QED) is 0.280. The van der Waals surface area contributed by atoms with Crippen molar-refractivity contribution < 1.29 is 30.0 Å². The molecule has 0 saturated heterocycles. The first kappa shape index (κ1) is 18.4. The molecule has 22 heavy (non-hydrogen) atoms. The number of carboxylic acids is 2. The van der Waals surface area contributed by atoms with Gasteiger partial charge >= 0.3 is 11.9 Å². The van der Waals surface area contributed by atoms with Crippen molar-refractivity contribution in [2.75, 3.05) is 11.5 Å². The van der Waals surface area contributed by atoms with E-state index in [0.717, 1.165) is 23.5 Å². The normalized spacial score (nSPS) is 13.5. The van der Waals surface area contributed by atoms with Crippen LogP contribution in [0.5, 0.6) is 11.5 Å². The van der Waals surface area contributed by atoms with Gasteiger partial charge in [-0.3, -0.25) is 9.59 Å². The van der Waals surface area contributed by atoms with Gasteiger partial charge in [-0.1, -0.05) is 0 Å². The SMILES string of the molecule is NC(CSc1ccc(SCC(N)C(=O)O)c(O)c1O)C(=O)O. The number of carbonyl (C=O) groups is 2. The third-order valence-corrected chi connectivity index (χ3v) is 4.88. The molecule has 1 rings (SSSR count). The number of hydrogen-bond acceptors (Lipinski definition) is 8. The summed E-state index contributed by atoms with van der Waals surface area (Å²) in [7, 11) is 0. The Labute approximate surface area is 134 Å². The van der Waals surface area contributed by atoms with Crippen LogP contribution in [0.4, 0.5) is 0 Å². The Kier molecular flexibility index (Phi) is 6.81. The minimum atomic E-state index is -1.16. The van der Waals surface area contributed by atoms with Crippen LogP contribution in [0.1, 0.15) is 0 Å². The number of thioether (sulfide) groups is 2. The first-order chi connectivity index (χ1) is 10.2. The Bertz CT molecular complexity index is 520. The highest BCUT2D eigenvalue weighted by Crippen LogP contribution is 2.42. The van der Waals surface area contributed by atoms with Gasteiger partial charge in [-0.2, -0.15) is 0 Å². The summed E-state index contributed by atoms with van der Waals surface area (Å²) in [6.07, 6.45) is 0. The molecule has 0 aliphatic heterocycles. The summed E-state index contributed by atoms with van der Waals surface area (Å²) in [5.41, 5.74) is 10.7. The van der Waals surface area contributed by atoms with Crippen LogP contribution in [0.15, 0.2) is 21.9 Å². The van der Waals surface area contributed by atoms with E-state index in [1.807, 2.05) is 0 Å². The fourth-order valence-electron chi connectivity index (χ4n) is 1.28. The summed E-state index contributed by atoms with van der Waals surface area (Å²) in [5, 5.41) is 37.1. The predicted molar refractivity (Wildman–Crippen MR) is 82.4 cm³/mol. The minimum absolute atomic E-state index is 0.0265. The molecule has 0 radical (unpaired) electrons. The molecule has 0 aliphatic rings. The largest absolute Gasteiger partial charge is 0.503 e. The lowest BCUT2D eigenvalue weighted by atomic mass is 10.3. The van der Waals surface area contributed by atoms with Crippen molar-refractivity contribution in [1.29, 1.82) is 0 Å². The number of phenols is 2. The third-order valence-electron chi connectivity index (χ3n) is 2.55. The van der Waals surface area contributed by atoms with E-state index in [4.69, 9.17) is 21.7 Å². The zero-order valence-electron chi connectivity index (χ0n) is 11.3. The molecule has 0 aliphatic carbocycles. The van der Waals surface area contributed by atoms with Crippen LogP contribution < -0.4 is 11.5 Å². The van der Waals surface area contributed by atoms with Crippen molar-refractivity contribution in [3.05, 3.63) is 12.1 Å². The van der Waals surface area contributed by atoms with Crippen LogP contribution in [-0.4, -0.2) is 56.0 Å². The Morgan fingerprint density at radius 2 is 1.23 bits per heavy atom. The molecule has 0 amide bonds. The Morgan fingerprint density at radius 3 is 1.50 bits per heavy atom. The molecule has 0 bridgehead atoms. The maximum Gasteiger partial charge on any atom is 0.321 e. The van der Waals surface area contributed by atoms with Crippen molar-refractivity contribution >= 4 is 35.5 Å². The molecule has 122 valence electrons. The molecule has 0 heterocycles. The standard InChI is InChI=1S/C12H16N2O6S2/c13-5(11(17)18)3-21-7-1-2-8(10(16)9(7)15)22-4-6(14)12(19)20/h1-2,5-6,15-16H,3-4,13-14H2,(H,17,18)(H,19,20). The molecule has 2 unspecified atom stereocenters. The van der Waals surface area contributed by atoms with Crippen molar-refractivity contribution in [1.82, 2.24) is 0 Å². The molecule has 0 saturated carbocycles. The second kappa shape index (κ2) is 8.13. The van der Waals surface area contributed by atoms with Crippen LogP contribution in [0, 0.1) is 0 Å². The number of aliphatic carboxylic acids is 2. The molecule has 1 aromatic rings. The maximum atomic E-state index is 10.6. The predicted octanol–water partition coefficient (Wildman–Crippen LogP) is 0.106. The zero-order valence-corrected chi connectivity index (χ0v) is 12.9. The summed E-state index contributed by atoms with van der Waals surface area (Å²) in [6.45, 7) is 0. The minimum Gasteiger partial charge on any atom is -0.503 e. The number of carboxylic acid groups (broad SMARTS) is 2. The number of phenolic OH excluding ortho intramolecular Hbond substituents is 2. The van der Waals surface area contributed by atoms with E-state index in [1.165, 1.54) is 12.1 Å². The van der Waals surface area contributed by atoms with Crippen molar-refractivity contribution in [3.8, 4) is 11.5 Å². The van der Waals surface area contributed by atoms with Crippen molar-refractivity contribution in [2.24, 2.45) is 11.5 Å². The van der Waals surface area contributed by atoms with Gasteiger partial charge in [0.05, 0.1) is 9.79 Å². The molecular formula is C12H16N2O6S2. The van der Waals surface area contributed by atoms with E-state index in [1.54, 1.807) is 0 Å². The number of nitrogens with two attached hydrogens (primary N) is 2. The van der Waals surface area contributed by atoms with Gasteiger partial charge < -0.3 is 31.9 Å². The monoisotopic (exact) mass is 348 g/mol. The maximum absolute atomic E-state index is 10.6. The van der Waals surface area contributed by atoms with Crippen LogP contribution in [0.3, 0.4) is 0 Å². The van der Waals surface area contributed by atoms with Crippen LogP contribution >= 0.6 is 23.5 Å². The lowest BCUT2D eigenvalue weighted by Gasteiger charge is -2.12. The van der Waals surface area contributed by atoms with E-state index >= 15 is 0 Å². The van der Waals surface area contributed by atoms with Gasteiger partial charge in [0.15, 0.2) is 11.5 Å². The number of aromatic hydroxyl groups is 2. The average molecular weight is 348 g/mol. The summed E-state index contributed by atoms with van der Waals surface area (Å²) >= 11 is 1.98. The number of hydrogen-bond donors (Lipinski definition) is 6. The van der Waals surface area contributed by atoms with E-state index in [2.05, 4.69) is 0 Å². The lowest BCUT2D eigenvalue weighted by Crippen LogP contribution is -2.32. The van der Waals surface area contributed by atoms with Gasteiger partial charge in [-0.25, -0.2) is 0 Å². The lowest BCUT2D eigenvalue weighted by molar-refractivity contribution is -0.138. The molecule has 8 N–H and O–H groups in total. The zero-order chi connectivity index (χ0) is 16.9. The van der Waals surface area contributed by atoms with Crippen LogP contribution in [0.2, 0.25) is 0 Å². The van der Waals surface area contributed by atoms with Gasteiger partial charge in [0, 0.05) is 11.5 Å². The van der Waals surface area contributed by atoms with E-state index < -0.39 is 35.5 Å². The topological polar surface area (TPSA) is 167 Å². The second-order valence-electron chi connectivity index (χ2n) is 4.27. The molecule has 8 nitrogen and oxygen atoms in total. The summed E-state index contributed by atoms with van der Waals surface area (Å²) in [4.78, 5) is 21.8. The summed E-state index contributed by atoms with van der Waals surface area (Å²) in [5.74, 6) is -3.08. The summed E-state index contributed by atoms with van der Waals surface area (Å²) < 4.78 is 0. The number of benzene rings is 1. The van der Waals surface area contributed by atoms with Crippen molar-refractivity contribution in [2.45, 2.75) is 21.9 Å². The molecule has 1 aromatic carbocycles. The molecule has 0 aromatic heterocycles. The third kappa shape index (κ3) is 4.98. The Hall–Kier alpha value is -1.62. The van der Waals surface area contributed by atoms with Gasteiger partial charge in [0.1, 0.15) is 12.1 Å². The molecular weight excluding hydrogens is 332 g/mol. The Morgan fingerprint density at radius 1 is 0.909 bits per heavy atom. The average Bonchev–Trinajstić information content (AvgIpc) is 2.46. The Balaban J connectivity index is 2.75. The first-order valence-corrected chi connectivity index (χ1v) is 7.98. The van der Waals surface area contributed by atoms with E-state index in [-0.39, 0.29) is 21.3 Å². The molecule has 2 atom stereocenters. The second-order valence-corrected chi connectivity index (χ2v) is 6.39. The molecule has 10 heteroatoms. The highest BCUT2D eigenvalue weighted by Gasteiger charge is 2.18. The summed E-state index contributed by atoms with van der Waals surface area (Å²) in [6, 6.07) is 0.801. The smallest absolute Gasteiger partial charge is 0.321 e. The van der Waals surface area contributed by atoms with E-state index in [0.29, 0.717) is 0 Å². The fourth-order valence-corrected chi connectivity index (χ4v) is 3.08. The van der Waals surface area contributed by atoms with E-state index in [9.17, 15) is 19.8 Å². The van der Waals surface area contributed by atoms with Gasteiger partial charge in [0.25, 0.3) is 0 Å². The van der Waals surface area contributed by atoms with Gasteiger partial charge in [-0.05, 0) is 12.1 Å². The molecule has 0 spiro atoms. The van der Waals surface area contributed by atoms with Gasteiger partial charge in [0.2, 0.25) is 0 Å². The van der Waals surface area contributed by atoms with Crippen LogP contribution in [-0.2, 0) is 9.59 Å². The highest BCUT2D eigenvalue weighted by atomic mass is 32.2. The highest BCUT2D eigenvalue weighted by molar-refractivity contribution is 8.00. The van der Waals surface area contributed by atoms with Crippen molar-refractivity contribution in [3.63, 3.8) is 0 Å². The number of rotatable bonds is 8. The van der Waals surface area contributed by atoms with Gasteiger partial charge in [-0.15, -0.1) is 23.5 Å².